The van der Waals surface area contributed by atoms with Gasteiger partial charge < -0.3 is 9.80 Å². The van der Waals surface area contributed by atoms with Crippen LogP contribution in [0.1, 0.15) is 75.3 Å². The lowest BCUT2D eigenvalue weighted by Gasteiger charge is -2.39. The third-order valence-corrected chi connectivity index (χ3v) is 12.4. The van der Waals surface area contributed by atoms with E-state index in [-0.39, 0.29) is 5.41 Å². The van der Waals surface area contributed by atoms with Crippen LogP contribution in [0.2, 0.25) is 0 Å². The van der Waals surface area contributed by atoms with Crippen LogP contribution >= 0.6 is 0 Å². The lowest BCUT2D eigenvalue weighted by Crippen LogP contribution is -2.30. The molecule has 1 saturated carbocycles. The van der Waals surface area contributed by atoms with Crippen molar-refractivity contribution in [2.75, 3.05) is 9.80 Å². The van der Waals surface area contributed by atoms with E-state index in [1.54, 1.807) is 0 Å². The second-order valence-corrected chi connectivity index (χ2v) is 15.8. The van der Waals surface area contributed by atoms with Gasteiger partial charge in [0, 0.05) is 45.5 Å². The summed E-state index contributed by atoms with van der Waals surface area (Å²) in [4.78, 5) is 4.89. The molecule has 0 aromatic heterocycles. The summed E-state index contributed by atoms with van der Waals surface area (Å²) in [7, 11) is 0. The van der Waals surface area contributed by atoms with Crippen LogP contribution in [-0.4, -0.2) is 0 Å². The molecule has 0 heterocycles. The largest absolute Gasteiger partial charge is 0.315 e. The van der Waals surface area contributed by atoms with E-state index in [1.807, 2.05) is 0 Å². The fraction of sp³-hybridized carbons (Fsp3) is 0.222. The monoisotopic (exact) mass is 728 g/mol. The van der Waals surface area contributed by atoms with E-state index in [0.29, 0.717) is 5.92 Å². The van der Waals surface area contributed by atoms with Crippen molar-refractivity contribution >= 4 is 22.7 Å². The molecule has 278 valence electrons. The Bertz CT molecular complexity index is 2280. The van der Waals surface area contributed by atoms with Crippen LogP contribution in [-0.2, 0) is 5.41 Å². The number of nitrogens with zero attached hydrogens (tertiary/aromatic N) is 2. The van der Waals surface area contributed by atoms with Crippen LogP contribution in [0.15, 0.2) is 205 Å². The molecule has 5 aromatic rings. The molecule has 1 fully saturated rings. The van der Waals surface area contributed by atoms with Gasteiger partial charge >= 0.3 is 0 Å². The number of allylic oxidation sites excluding steroid dienone is 11. The van der Waals surface area contributed by atoms with Crippen LogP contribution < -0.4 is 9.80 Å². The van der Waals surface area contributed by atoms with E-state index in [2.05, 4.69) is 198 Å². The van der Waals surface area contributed by atoms with E-state index in [0.717, 1.165) is 43.5 Å². The zero-order chi connectivity index (χ0) is 37.6. The average Bonchev–Trinajstić information content (AvgIpc) is 3.29. The van der Waals surface area contributed by atoms with Gasteiger partial charge in [0.25, 0.3) is 0 Å². The van der Waals surface area contributed by atoms with Gasteiger partial charge in [-0.25, -0.2) is 0 Å². The Labute approximate surface area is 334 Å². The normalized spacial score (nSPS) is 18.8. The fourth-order valence-corrected chi connectivity index (χ4v) is 9.40. The second-order valence-electron chi connectivity index (χ2n) is 15.8. The first-order valence-electron chi connectivity index (χ1n) is 20.9. The second kappa shape index (κ2) is 16.5. The zero-order valence-electron chi connectivity index (χ0n) is 32.4. The summed E-state index contributed by atoms with van der Waals surface area (Å²) in [5, 5.41) is 0. The van der Waals surface area contributed by atoms with Crippen LogP contribution in [0.3, 0.4) is 0 Å². The van der Waals surface area contributed by atoms with E-state index >= 15 is 0 Å². The van der Waals surface area contributed by atoms with E-state index < -0.39 is 0 Å². The van der Waals surface area contributed by atoms with Gasteiger partial charge in [0.2, 0.25) is 0 Å². The molecule has 9 rings (SSSR count). The van der Waals surface area contributed by atoms with Crippen LogP contribution in [0, 0.1) is 5.92 Å². The Morgan fingerprint density at radius 2 is 1.11 bits per heavy atom. The molecule has 2 heteroatoms. The first-order chi connectivity index (χ1) is 27.7. The number of rotatable bonds is 10. The molecule has 4 aliphatic rings. The standard InChI is InChI=1S/C54H52N2/c1-6-16-42(17-7-1)44-24-32-50(33-25-44)55(48-20-10-3-11-21-48)52-36-28-46(29-37-52)54(40-14-5-15-41-54)47-30-38-53(39-31-47)56(49-22-12-4-13-23-49)51-34-26-45(27-35-51)43-18-8-2-9-19-43/h1,3-4,6-8,10-12,16-22,24-26,28-39,45H,2,5,9,13-15,23,27,40-41H2. The summed E-state index contributed by atoms with van der Waals surface area (Å²) in [5.41, 5.74) is 14.2. The molecular formula is C54H52N2. The van der Waals surface area contributed by atoms with Crippen LogP contribution in [0.25, 0.3) is 11.1 Å². The van der Waals surface area contributed by atoms with E-state index in [4.69, 9.17) is 0 Å². The molecule has 5 aromatic carbocycles. The number of hydrogen-bond acceptors (Lipinski definition) is 2. The predicted molar refractivity (Wildman–Crippen MR) is 238 cm³/mol. The van der Waals surface area contributed by atoms with Crippen molar-refractivity contribution in [3.8, 4) is 11.1 Å². The Kier molecular flexibility index (Phi) is 10.5. The number of benzene rings is 5. The molecule has 0 radical (unpaired) electrons. The van der Waals surface area contributed by atoms with Gasteiger partial charge in [-0.05, 0) is 133 Å². The van der Waals surface area contributed by atoms with E-state index in [1.165, 1.54) is 82.7 Å². The van der Waals surface area contributed by atoms with Gasteiger partial charge in [0.15, 0.2) is 0 Å². The van der Waals surface area contributed by atoms with Gasteiger partial charge in [-0.3, -0.25) is 0 Å². The molecule has 1 atom stereocenters. The van der Waals surface area contributed by atoms with Crippen LogP contribution in [0.4, 0.5) is 22.7 Å². The van der Waals surface area contributed by atoms with E-state index in [9.17, 15) is 0 Å². The molecule has 0 spiro atoms. The van der Waals surface area contributed by atoms with Crippen molar-refractivity contribution in [1.29, 1.82) is 0 Å². The molecule has 56 heavy (non-hydrogen) atoms. The molecule has 1 unspecified atom stereocenters. The lowest BCUT2D eigenvalue weighted by molar-refractivity contribution is 0.346. The molecule has 4 aliphatic carbocycles. The van der Waals surface area contributed by atoms with Crippen molar-refractivity contribution in [2.24, 2.45) is 5.92 Å². The highest BCUT2D eigenvalue weighted by molar-refractivity contribution is 5.78. The Morgan fingerprint density at radius 1 is 0.500 bits per heavy atom. The maximum Gasteiger partial charge on any atom is 0.0462 e. The smallest absolute Gasteiger partial charge is 0.0462 e. The summed E-state index contributed by atoms with van der Waals surface area (Å²) in [6.07, 6.45) is 32.8. The predicted octanol–water partition coefficient (Wildman–Crippen LogP) is 14.9. The van der Waals surface area contributed by atoms with Gasteiger partial charge in [0.1, 0.15) is 0 Å². The number of para-hydroxylation sites is 1. The van der Waals surface area contributed by atoms with Crippen molar-refractivity contribution in [2.45, 2.75) is 69.6 Å². The highest BCUT2D eigenvalue weighted by atomic mass is 15.2. The quantitative estimate of drug-likeness (QED) is 0.141. The van der Waals surface area contributed by atoms with Gasteiger partial charge in [0.05, 0.1) is 0 Å². The SMILES string of the molecule is C1=CCCC(N(C2=CCC(C3=CCCC=C3)C=C2)c2ccc(C3(c4ccc(N(c5ccccc5)c5ccc(-c6ccccc6)cc5)cc4)CCCCC3)cc2)=C1. The highest BCUT2D eigenvalue weighted by Gasteiger charge is 2.36. The lowest BCUT2D eigenvalue weighted by atomic mass is 9.65. The summed E-state index contributed by atoms with van der Waals surface area (Å²) < 4.78 is 0. The number of anilines is 4. The molecule has 2 nitrogen and oxygen atoms in total. The van der Waals surface area contributed by atoms with Gasteiger partial charge in [-0.1, -0.05) is 147 Å². The highest BCUT2D eigenvalue weighted by Crippen LogP contribution is 2.47. The summed E-state index contributed by atoms with van der Waals surface area (Å²) in [6.45, 7) is 0. The maximum absolute atomic E-state index is 2.51. The van der Waals surface area contributed by atoms with Crippen molar-refractivity contribution < 1.29 is 0 Å². The topological polar surface area (TPSA) is 6.48 Å². The van der Waals surface area contributed by atoms with Gasteiger partial charge in [-0.2, -0.15) is 0 Å². The number of hydrogen-bond donors (Lipinski definition) is 0. The third-order valence-electron chi connectivity index (χ3n) is 12.4. The summed E-state index contributed by atoms with van der Waals surface area (Å²) in [6, 6.07) is 49.6. The molecule has 0 bridgehead atoms. The maximum atomic E-state index is 2.51. The fourth-order valence-electron chi connectivity index (χ4n) is 9.40. The van der Waals surface area contributed by atoms with Crippen molar-refractivity contribution in [3.63, 3.8) is 0 Å². The first kappa shape index (κ1) is 35.8. The molecule has 0 saturated heterocycles. The Balaban J connectivity index is 1.02. The van der Waals surface area contributed by atoms with Crippen LogP contribution in [0.5, 0.6) is 0 Å². The van der Waals surface area contributed by atoms with Crippen molar-refractivity contribution in [1.82, 2.24) is 0 Å². The molecule has 0 N–H and O–H groups in total. The Morgan fingerprint density at radius 3 is 1.70 bits per heavy atom. The Hall–Kier alpha value is -5.86. The van der Waals surface area contributed by atoms with Crippen molar-refractivity contribution in [3.05, 3.63) is 216 Å². The third kappa shape index (κ3) is 7.41. The van der Waals surface area contributed by atoms with Gasteiger partial charge in [-0.15, -0.1) is 0 Å². The summed E-state index contributed by atoms with van der Waals surface area (Å²) >= 11 is 0. The molecular weight excluding hydrogens is 677 g/mol. The minimum Gasteiger partial charge on any atom is -0.315 e. The minimum atomic E-state index is 0.000358. The molecule has 0 aliphatic heterocycles. The molecule has 0 amide bonds. The first-order valence-corrected chi connectivity index (χ1v) is 20.9. The summed E-state index contributed by atoms with van der Waals surface area (Å²) in [5.74, 6) is 0.470. The minimum absolute atomic E-state index is 0.000358. The average molecular weight is 729 g/mol. The zero-order valence-corrected chi connectivity index (χ0v) is 32.4.